The second-order valence-corrected chi connectivity index (χ2v) is 7.00. The number of hydrogen-bond donors (Lipinski definition) is 3. The smallest absolute Gasteiger partial charge is 0.273 e. The summed E-state index contributed by atoms with van der Waals surface area (Å²) in [4.78, 5) is 16.5. The minimum atomic E-state index is -1.39. The summed E-state index contributed by atoms with van der Waals surface area (Å²) in [5, 5.41) is 20.7. The van der Waals surface area contributed by atoms with E-state index in [1.807, 2.05) is 0 Å². The van der Waals surface area contributed by atoms with Gasteiger partial charge in [0.1, 0.15) is 4.88 Å². The van der Waals surface area contributed by atoms with Gasteiger partial charge in [-0.15, -0.1) is 0 Å². The molecule has 0 spiro atoms. The maximum atomic E-state index is 12.0. The van der Waals surface area contributed by atoms with Gasteiger partial charge in [-0.1, -0.05) is 49.9 Å². The highest BCUT2D eigenvalue weighted by molar-refractivity contribution is 7.15. The van der Waals surface area contributed by atoms with Gasteiger partial charge in [0, 0.05) is 13.0 Å². The predicted octanol–water partition coefficient (Wildman–Crippen LogP) is 2.31. The molecule has 23 heavy (non-hydrogen) atoms. The lowest BCUT2D eigenvalue weighted by Crippen LogP contribution is -2.23. The molecule has 1 heterocycles. The average molecular weight is 342 g/mol. The Kier molecular flexibility index (Phi) is 7.78. The fraction of sp³-hybridized carbons (Fsp3) is 0.750. The van der Waals surface area contributed by atoms with Crippen LogP contribution in [-0.4, -0.2) is 40.5 Å². The van der Waals surface area contributed by atoms with Crippen LogP contribution >= 0.6 is 11.3 Å². The number of nitrogens with one attached hydrogen (secondary N) is 1. The van der Waals surface area contributed by atoms with Gasteiger partial charge in [-0.3, -0.25) is 4.79 Å². The Hall–Kier alpha value is -1.18. The molecule has 0 atom stereocenters. The molecule has 0 radical (unpaired) electrons. The highest BCUT2D eigenvalue weighted by atomic mass is 32.1. The molecule has 0 aromatic carbocycles. The zero-order valence-corrected chi connectivity index (χ0v) is 14.2. The van der Waals surface area contributed by atoms with Crippen molar-refractivity contribution in [2.75, 3.05) is 13.2 Å². The van der Waals surface area contributed by atoms with Crippen LogP contribution in [0.15, 0.2) is 6.20 Å². The molecule has 1 amide bonds. The molecule has 1 aromatic rings. The van der Waals surface area contributed by atoms with E-state index in [4.69, 9.17) is 14.9 Å². The SMILES string of the molecule is O=C(NCCCCC1CCCC1)c1cnc(OCCC(O)O)s1. The van der Waals surface area contributed by atoms with E-state index in [2.05, 4.69) is 10.3 Å². The van der Waals surface area contributed by atoms with Gasteiger partial charge >= 0.3 is 0 Å². The molecule has 1 saturated carbocycles. The van der Waals surface area contributed by atoms with Crippen molar-refractivity contribution in [3.05, 3.63) is 11.1 Å². The number of carbonyl (C=O) groups is 1. The number of aliphatic hydroxyl groups excluding tert-OH is 1. The van der Waals surface area contributed by atoms with Crippen LogP contribution in [0.5, 0.6) is 5.19 Å². The van der Waals surface area contributed by atoms with Crippen molar-refractivity contribution in [2.24, 2.45) is 5.92 Å². The van der Waals surface area contributed by atoms with Crippen molar-refractivity contribution in [2.45, 2.75) is 57.7 Å². The molecule has 0 unspecified atom stereocenters. The summed E-state index contributed by atoms with van der Waals surface area (Å²) in [6.07, 6.45) is 9.21. The van der Waals surface area contributed by atoms with Crippen molar-refractivity contribution >= 4 is 17.2 Å². The third-order valence-electron chi connectivity index (χ3n) is 4.11. The number of carbonyl (C=O) groups excluding carboxylic acids is 1. The number of thiazole rings is 1. The number of hydrogen-bond acceptors (Lipinski definition) is 6. The number of rotatable bonds is 10. The number of aliphatic hydroxyl groups is 2. The van der Waals surface area contributed by atoms with Crippen LogP contribution < -0.4 is 10.1 Å². The lowest BCUT2D eigenvalue weighted by atomic mass is 10.0. The van der Waals surface area contributed by atoms with Crippen LogP contribution in [0.25, 0.3) is 0 Å². The van der Waals surface area contributed by atoms with E-state index in [-0.39, 0.29) is 18.9 Å². The Morgan fingerprint density at radius 2 is 2.17 bits per heavy atom. The number of aromatic nitrogens is 1. The van der Waals surface area contributed by atoms with Gasteiger partial charge in [0.25, 0.3) is 11.1 Å². The van der Waals surface area contributed by atoms with E-state index in [0.717, 1.165) is 12.3 Å². The van der Waals surface area contributed by atoms with E-state index in [1.54, 1.807) is 0 Å². The topological polar surface area (TPSA) is 91.7 Å². The fourth-order valence-corrected chi connectivity index (χ4v) is 3.53. The normalized spacial score (nSPS) is 15.3. The van der Waals surface area contributed by atoms with Gasteiger partial charge < -0.3 is 20.3 Å². The monoisotopic (exact) mass is 342 g/mol. The summed E-state index contributed by atoms with van der Waals surface area (Å²) in [6.45, 7) is 0.851. The Labute approximate surface area is 140 Å². The number of nitrogens with zero attached hydrogens (tertiary/aromatic N) is 1. The molecular weight excluding hydrogens is 316 g/mol. The van der Waals surface area contributed by atoms with Crippen LogP contribution in [0.2, 0.25) is 0 Å². The highest BCUT2D eigenvalue weighted by Crippen LogP contribution is 2.28. The van der Waals surface area contributed by atoms with Crippen LogP contribution in [0.3, 0.4) is 0 Å². The zero-order chi connectivity index (χ0) is 16.5. The largest absolute Gasteiger partial charge is 0.470 e. The maximum absolute atomic E-state index is 12.0. The van der Waals surface area contributed by atoms with Crippen molar-refractivity contribution in [3.8, 4) is 5.19 Å². The minimum Gasteiger partial charge on any atom is -0.470 e. The van der Waals surface area contributed by atoms with Crippen LogP contribution in [0.1, 0.15) is 61.0 Å². The second kappa shape index (κ2) is 9.85. The summed E-state index contributed by atoms with van der Waals surface area (Å²) in [6, 6.07) is 0. The van der Waals surface area contributed by atoms with E-state index in [9.17, 15) is 4.79 Å². The molecule has 1 aliphatic carbocycles. The van der Waals surface area contributed by atoms with Gasteiger partial charge in [0.2, 0.25) is 0 Å². The number of ether oxygens (including phenoxy) is 1. The molecular formula is C16H26N2O4S. The first-order valence-corrected chi connectivity index (χ1v) is 9.20. The third-order valence-corrected chi connectivity index (χ3v) is 5.02. The van der Waals surface area contributed by atoms with Gasteiger partial charge in [-0.05, 0) is 12.3 Å². The van der Waals surface area contributed by atoms with E-state index in [0.29, 0.717) is 16.6 Å². The molecule has 3 N–H and O–H groups in total. The summed E-state index contributed by atoms with van der Waals surface area (Å²) >= 11 is 1.17. The third kappa shape index (κ3) is 6.85. The average Bonchev–Trinajstić information content (AvgIpc) is 3.17. The Morgan fingerprint density at radius 3 is 2.91 bits per heavy atom. The van der Waals surface area contributed by atoms with Crippen LogP contribution in [0.4, 0.5) is 0 Å². The summed E-state index contributed by atoms with van der Waals surface area (Å²) in [5.41, 5.74) is 0. The van der Waals surface area contributed by atoms with Gasteiger partial charge in [-0.25, -0.2) is 4.98 Å². The van der Waals surface area contributed by atoms with Crippen molar-refractivity contribution in [1.29, 1.82) is 0 Å². The highest BCUT2D eigenvalue weighted by Gasteiger charge is 2.14. The molecule has 130 valence electrons. The molecule has 1 fully saturated rings. The number of amides is 1. The minimum absolute atomic E-state index is 0.113. The maximum Gasteiger partial charge on any atom is 0.273 e. The van der Waals surface area contributed by atoms with Crippen molar-refractivity contribution < 1.29 is 19.7 Å². The quantitative estimate of drug-likeness (QED) is 0.448. The van der Waals surface area contributed by atoms with Crippen LogP contribution in [-0.2, 0) is 0 Å². The molecule has 1 aliphatic rings. The molecule has 7 heteroatoms. The van der Waals surface area contributed by atoms with E-state index < -0.39 is 6.29 Å². The van der Waals surface area contributed by atoms with E-state index >= 15 is 0 Å². The molecule has 0 aliphatic heterocycles. The molecule has 6 nitrogen and oxygen atoms in total. The predicted molar refractivity (Wildman–Crippen MR) is 88.6 cm³/mol. The Balaban J connectivity index is 1.58. The van der Waals surface area contributed by atoms with Gasteiger partial charge in [0.15, 0.2) is 6.29 Å². The van der Waals surface area contributed by atoms with Gasteiger partial charge in [0.05, 0.1) is 12.8 Å². The first-order valence-electron chi connectivity index (χ1n) is 8.38. The summed E-state index contributed by atoms with van der Waals surface area (Å²) in [5.74, 6) is 0.782. The van der Waals surface area contributed by atoms with E-state index in [1.165, 1.54) is 56.1 Å². The molecule has 0 bridgehead atoms. The summed E-state index contributed by atoms with van der Waals surface area (Å²) in [7, 11) is 0. The first-order chi connectivity index (χ1) is 11.1. The van der Waals surface area contributed by atoms with Crippen LogP contribution in [0, 0.1) is 5.92 Å². The lowest BCUT2D eigenvalue weighted by molar-refractivity contribution is -0.0519. The molecule has 2 rings (SSSR count). The number of unbranched alkanes of at least 4 members (excludes halogenated alkanes) is 1. The standard InChI is InChI=1S/C16H26N2O4S/c19-14(20)8-10-22-16-18-11-13(23-16)15(21)17-9-4-3-7-12-5-1-2-6-12/h11-12,14,19-20H,1-10H2,(H,17,21). The van der Waals surface area contributed by atoms with Crippen molar-refractivity contribution in [3.63, 3.8) is 0 Å². The first kappa shape index (κ1) is 18.2. The van der Waals surface area contributed by atoms with Crippen molar-refractivity contribution in [1.82, 2.24) is 10.3 Å². The van der Waals surface area contributed by atoms with Gasteiger partial charge in [-0.2, -0.15) is 0 Å². The molecule has 0 saturated heterocycles. The fourth-order valence-electron chi connectivity index (χ4n) is 2.83. The Bertz CT molecular complexity index is 472. The second-order valence-electron chi connectivity index (χ2n) is 6.01. The lowest BCUT2D eigenvalue weighted by Gasteiger charge is -2.08. The molecule has 1 aromatic heterocycles. The Morgan fingerprint density at radius 1 is 1.39 bits per heavy atom. The zero-order valence-electron chi connectivity index (χ0n) is 13.4. The summed E-state index contributed by atoms with van der Waals surface area (Å²) < 4.78 is 5.26.